The van der Waals surface area contributed by atoms with Crippen LogP contribution in [0.5, 0.6) is 0 Å². The zero-order valence-corrected chi connectivity index (χ0v) is 15.5. The summed E-state index contributed by atoms with van der Waals surface area (Å²) in [6, 6.07) is 14.1. The number of carbonyl (C=O) groups excluding carboxylic acids is 2. The average Bonchev–Trinajstić information content (AvgIpc) is 2.69. The molecule has 1 heterocycles. The van der Waals surface area contributed by atoms with Crippen LogP contribution in [0.3, 0.4) is 0 Å². The van der Waals surface area contributed by atoms with E-state index in [1.807, 2.05) is 0 Å². The highest BCUT2D eigenvalue weighted by atomic mass is 32.2. The first-order chi connectivity index (χ1) is 13.3. The number of aryl methyl sites for hydroxylation is 1. The topological polar surface area (TPSA) is 80.3 Å². The van der Waals surface area contributed by atoms with E-state index in [0.717, 1.165) is 0 Å². The fraction of sp³-hybridized carbons (Fsp3) is 0.0476. The molecule has 3 aromatic carbocycles. The maximum Gasteiger partial charge on any atom is 0.255 e. The summed E-state index contributed by atoms with van der Waals surface area (Å²) in [5, 5.41) is 2.53. The molecule has 28 heavy (non-hydrogen) atoms. The van der Waals surface area contributed by atoms with Crippen molar-refractivity contribution in [3.63, 3.8) is 0 Å². The van der Waals surface area contributed by atoms with Crippen molar-refractivity contribution < 1.29 is 22.4 Å². The molecule has 0 unspecified atom stereocenters. The van der Waals surface area contributed by atoms with Crippen LogP contribution in [0.15, 0.2) is 70.5 Å². The lowest BCUT2D eigenvalue weighted by Crippen LogP contribution is -2.21. The van der Waals surface area contributed by atoms with Crippen molar-refractivity contribution >= 4 is 27.2 Å². The highest BCUT2D eigenvalue weighted by molar-refractivity contribution is 7.91. The zero-order valence-electron chi connectivity index (χ0n) is 14.7. The van der Waals surface area contributed by atoms with E-state index in [0.29, 0.717) is 5.56 Å². The van der Waals surface area contributed by atoms with Gasteiger partial charge in [0.15, 0.2) is 5.78 Å². The highest BCUT2D eigenvalue weighted by Crippen LogP contribution is 2.34. The molecule has 0 saturated carbocycles. The number of hydrogen-bond donors (Lipinski definition) is 1. The first-order valence-corrected chi connectivity index (χ1v) is 9.88. The molecule has 0 bridgehead atoms. The van der Waals surface area contributed by atoms with Crippen LogP contribution >= 0.6 is 0 Å². The van der Waals surface area contributed by atoms with Crippen LogP contribution in [0.4, 0.5) is 10.1 Å². The number of hydrogen-bond acceptors (Lipinski definition) is 4. The lowest BCUT2D eigenvalue weighted by Gasteiger charge is -2.19. The SMILES string of the molecule is Cc1ccc(NC(=O)c2ccc3c(c2)S(=O)(=O)c2ccccc2C3=O)cc1F. The monoisotopic (exact) mass is 395 g/mol. The van der Waals surface area contributed by atoms with Gasteiger partial charge in [-0.05, 0) is 55.0 Å². The van der Waals surface area contributed by atoms with E-state index in [4.69, 9.17) is 0 Å². The number of carbonyl (C=O) groups is 2. The van der Waals surface area contributed by atoms with Crippen molar-refractivity contribution in [3.8, 4) is 0 Å². The van der Waals surface area contributed by atoms with Crippen molar-refractivity contribution in [1.29, 1.82) is 0 Å². The molecule has 0 radical (unpaired) electrons. The number of amides is 1. The standard InChI is InChI=1S/C21H14FNO4S/c1-12-6-8-14(11-17(12)22)23-21(25)13-7-9-16-19(10-13)28(26,27)18-5-3-2-4-15(18)20(16)24/h2-11H,1H3,(H,23,25). The highest BCUT2D eigenvalue weighted by Gasteiger charge is 2.35. The smallest absolute Gasteiger partial charge is 0.255 e. The molecule has 0 atom stereocenters. The van der Waals surface area contributed by atoms with Gasteiger partial charge in [0.1, 0.15) is 5.82 Å². The Morgan fingerprint density at radius 2 is 1.64 bits per heavy atom. The Balaban J connectivity index is 1.74. The summed E-state index contributed by atoms with van der Waals surface area (Å²) in [7, 11) is -3.94. The minimum absolute atomic E-state index is 0.0247. The minimum Gasteiger partial charge on any atom is -0.322 e. The molecule has 7 heteroatoms. The number of halogens is 1. The fourth-order valence-electron chi connectivity index (χ4n) is 3.10. The van der Waals surface area contributed by atoms with Gasteiger partial charge >= 0.3 is 0 Å². The molecule has 0 spiro atoms. The minimum atomic E-state index is -3.94. The summed E-state index contributed by atoms with van der Waals surface area (Å²) in [6.45, 7) is 1.60. The van der Waals surface area contributed by atoms with Crippen molar-refractivity contribution in [2.45, 2.75) is 16.7 Å². The zero-order chi connectivity index (χ0) is 20.1. The molecule has 5 nitrogen and oxygen atoms in total. The van der Waals surface area contributed by atoms with Gasteiger partial charge in [-0.3, -0.25) is 9.59 Å². The van der Waals surface area contributed by atoms with Gasteiger partial charge < -0.3 is 5.32 Å². The summed E-state index contributed by atoms with van der Waals surface area (Å²) in [5.74, 6) is -1.48. The number of benzene rings is 3. The van der Waals surface area contributed by atoms with E-state index >= 15 is 0 Å². The third-order valence-electron chi connectivity index (χ3n) is 4.63. The number of anilines is 1. The van der Waals surface area contributed by atoms with E-state index in [9.17, 15) is 22.4 Å². The van der Waals surface area contributed by atoms with Crippen LogP contribution in [-0.2, 0) is 9.84 Å². The molecule has 3 aromatic rings. The molecule has 1 amide bonds. The molecule has 1 aliphatic heterocycles. The molecule has 1 aliphatic rings. The molecule has 0 aliphatic carbocycles. The molecule has 0 fully saturated rings. The average molecular weight is 395 g/mol. The number of fused-ring (bicyclic) bond motifs is 2. The normalized spacial score (nSPS) is 14.1. The maximum atomic E-state index is 13.7. The van der Waals surface area contributed by atoms with Crippen molar-refractivity contribution in [3.05, 3.63) is 88.7 Å². The van der Waals surface area contributed by atoms with E-state index in [2.05, 4.69) is 5.32 Å². The second-order valence-corrected chi connectivity index (χ2v) is 8.34. The number of sulfone groups is 1. The van der Waals surface area contributed by atoms with Gasteiger partial charge in [0.25, 0.3) is 5.91 Å². The summed E-state index contributed by atoms with van der Waals surface area (Å²) in [6.07, 6.45) is 0. The number of rotatable bonds is 2. The predicted octanol–water partition coefficient (Wildman–Crippen LogP) is 3.76. The van der Waals surface area contributed by atoms with E-state index in [1.54, 1.807) is 19.1 Å². The Morgan fingerprint density at radius 3 is 2.39 bits per heavy atom. The van der Waals surface area contributed by atoms with Crippen LogP contribution in [-0.4, -0.2) is 20.1 Å². The van der Waals surface area contributed by atoms with E-state index in [1.165, 1.54) is 48.5 Å². The molecule has 4 rings (SSSR count). The van der Waals surface area contributed by atoms with Crippen LogP contribution in [0.2, 0.25) is 0 Å². The number of nitrogens with one attached hydrogen (secondary N) is 1. The molecule has 1 N–H and O–H groups in total. The third kappa shape index (κ3) is 2.80. The summed E-state index contributed by atoms with van der Waals surface area (Å²) in [5.41, 5.74) is 0.875. The van der Waals surface area contributed by atoms with Crippen molar-refractivity contribution in [2.24, 2.45) is 0 Å². The fourth-order valence-corrected chi connectivity index (χ4v) is 4.78. The van der Waals surface area contributed by atoms with Gasteiger partial charge in [0.2, 0.25) is 9.84 Å². The summed E-state index contributed by atoms with van der Waals surface area (Å²) < 4.78 is 39.5. The summed E-state index contributed by atoms with van der Waals surface area (Å²) >= 11 is 0. The predicted molar refractivity (Wildman–Crippen MR) is 101 cm³/mol. The van der Waals surface area contributed by atoms with Crippen LogP contribution in [0, 0.1) is 12.7 Å². The molecule has 0 saturated heterocycles. The molecular formula is C21H14FNO4S. The van der Waals surface area contributed by atoms with Gasteiger partial charge in [0, 0.05) is 22.4 Å². The first-order valence-electron chi connectivity index (χ1n) is 8.39. The van der Waals surface area contributed by atoms with Crippen LogP contribution in [0.1, 0.15) is 31.8 Å². The Hall–Kier alpha value is -3.32. The lowest BCUT2D eigenvalue weighted by atomic mass is 10.0. The van der Waals surface area contributed by atoms with Crippen molar-refractivity contribution in [1.82, 2.24) is 0 Å². The second kappa shape index (κ2) is 6.38. The van der Waals surface area contributed by atoms with Gasteiger partial charge in [0.05, 0.1) is 9.79 Å². The van der Waals surface area contributed by atoms with Gasteiger partial charge in [-0.15, -0.1) is 0 Å². The van der Waals surface area contributed by atoms with Gasteiger partial charge in [-0.25, -0.2) is 12.8 Å². The van der Waals surface area contributed by atoms with Gasteiger partial charge in [-0.1, -0.05) is 18.2 Å². The number of ketones is 1. The Labute approximate surface area is 160 Å². The first kappa shape index (κ1) is 18.1. The largest absolute Gasteiger partial charge is 0.322 e. The maximum absolute atomic E-state index is 13.7. The molecule has 0 aromatic heterocycles. The third-order valence-corrected chi connectivity index (χ3v) is 6.48. The molecular weight excluding hydrogens is 381 g/mol. The lowest BCUT2D eigenvalue weighted by molar-refractivity contribution is 0.101. The quantitative estimate of drug-likeness (QED) is 0.560. The second-order valence-electron chi connectivity index (χ2n) is 6.46. The van der Waals surface area contributed by atoms with Crippen molar-refractivity contribution in [2.75, 3.05) is 5.32 Å². The Kier molecular flexibility index (Phi) is 4.12. The van der Waals surface area contributed by atoms with E-state index < -0.39 is 27.3 Å². The Bertz CT molecular complexity index is 1270. The Morgan fingerprint density at radius 1 is 0.929 bits per heavy atom. The van der Waals surface area contributed by atoms with Crippen LogP contribution in [0.25, 0.3) is 0 Å². The van der Waals surface area contributed by atoms with E-state index in [-0.39, 0.29) is 32.2 Å². The van der Waals surface area contributed by atoms with Crippen LogP contribution < -0.4 is 5.32 Å². The summed E-state index contributed by atoms with van der Waals surface area (Å²) in [4.78, 5) is 24.9. The van der Waals surface area contributed by atoms with Gasteiger partial charge in [-0.2, -0.15) is 0 Å². The molecule has 140 valence electrons.